The average Bonchev–Trinajstić information content (AvgIpc) is 3.13. The SMILES string of the molecule is NCCCCC(NC(=O)C(N)CS)C(=O)N1CCCC1C(=O)NCC(=O)O. The third kappa shape index (κ3) is 7.35. The molecule has 7 N–H and O–H groups in total. The number of carboxylic acids is 1. The molecule has 0 aliphatic carbocycles. The van der Waals surface area contributed by atoms with Gasteiger partial charge in [-0.3, -0.25) is 19.2 Å². The highest BCUT2D eigenvalue weighted by Crippen LogP contribution is 2.20. The van der Waals surface area contributed by atoms with Gasteiger partial charge in [0.15, 0.2) is 0 Å². The Labute approximate surface area is 163 Å². The number of carbonyl (C=O) groups excluding carboxylic acids is 3. The van der Waals surface area contributed by atoms with Crippen LogP contribution in [0, 0.1) is 0 Å². The molecule has 11 heteroatoms. The van der Waals surface area contributed by atoms with Crippen molar-refractivity contribution in [2.24, 2.45) is 11.5 Å². The van der Waals surface area contributed by atoms with Crippen LogP contribution in [0.2, 0.25) is 0 Å². The number of hydrogen-bond donors (Lipinski definition) is 6. The van der Waals surface area contributed by atoms with Crippen molar-refractivity contribution in [2.45, 2.75) is 50.2 Å². The second kappa shape index (κ2) is 11.8. The van der Waals surface area contributed by atoms with Crippen molar-refractivity contribution < 1.29 is 24.3 Å². The molecule has 27 heavy (non-hydrogen) atoms. The number of nitrogens with zero attached hydrogens (tertiary/aromatic N) is 1. The Bertz CT molecular complexity index is 547. The fraction of sp³-hybridized carbons (Fsp3) is 0.750. The van der Waals surface area contributed by atoms with Gasteiger partial charge >= 0.3 is 5.97 Å². The quantitative estimate of drug-likeness (QED) is 0.172. The van der Waals surface area contributed by atoms with E-state index in [9.17, 15) is 19.2 Å². The second-order valence-electron chi connectivity index (χ2n) is 6.44. The van der Waals surface area contributed by atoms with Crippen LogP contribution in [0.4, 0.5) is 0 Å². The number of amides is 3. The van der Waals surface area contributed by atoms with E-state index in [2.05, 4.69) is 23.3 Å². The number of thiol groups is 1. The molecule has 0 aromatic heterocycles. The molecular formula is C16H29N5O5S. The molecular weight excluding hydrogens is 374 g/mol. The highest BCUT2D eigenvalue weighted by atomic mass is 32.1. The maximum Gasteiger partial charge on any atom is 0.322 e. The van der Waals surface area contributed by atoms with Gasteiger partial charge in [-0.05, 0) is 38.6 Å². The zero-order valence-electron chi connectivity index (χ0n) is 15.2. The highest BCUT2D eigenvalue weighted by molar-refractivity contribution is 7.80. The summed E-state index contributed by atoms with van der Waals surface area (Å²) in [6.45, 7) is 0.325. The Balaban J connectivity index is 2.82. The molecule has 0 spiro atoms. The lowest BCUT2D eigenvalue weighted by Gasteiger charge is -2.29. The van der Waals surface area contributed by atoms with Gasteiger partial charge in [-0.2, -0.15) is 12.6 Å². The number of nitrogens with two attached hydrogens (primary N) is 2. The van der Waals surface area contributed by atoms with Crippen molar-refractivity contribution in [1.29, 1.82) is 0 Å². The number of rotatable bonds is 11. The van der Waals surface area contributed by atoms with Gasteiger partial charge in [0.2, 0.25) is 17.7 Å². The zero-order chi connectivity index (χ0) is 20.4. The lowest BCUT2D eigenvalue weighted by atomic mass is 10.1. The van der Waals surface area contributed by atoms with Gasteiger partial charge in [-0.15, -0.1) is 0 Å². The summed E-state index contributed by atoms with van der Waals surface area (Å²) < 4.78 is 0. The molecule has 0 aromatic carbocycles. The first-order valence-corrected chi connectivity index (χ1v) is 9.61. The average molecular weight is 404 g/mol. The molecule has 1 heterocycles. The Morgan fingerprint density at radius 2 is 1.96 bits per heavy atom. The first-order chi connectivity index (χ1) is 12.8. The Morgan fingerprint density at radius 1 is 1.26 bits per heavy atom. The first-order valence-electron chi connectivity index (χ1n) is 8.98. The monoisotopic (exact) mass is 403 g/mol. The minimum atomic E-state index is -1.16. The molecule has 0 aromatic rings. The molecule has 0 saturated carbocycles. The van der Waals surface area contributed by atoms with Gasteiger partial charge in [0.05, 0.1) is 6.04 Å². The summed E-state index contributed by atoms with van der Waals surface area (Å²) in [6, 6.07) is -2.40. The van der Waals surface area contributed by atoms with Gasteiger partial charge in [0.25, 0.3) is 0 Å². The molecule has 10 nitrogen and oxygen atoms in total. The van der Waals surface area contributed by atoms with Gasteiger partial charge in [0, 0.05) is 12.3 Å². The summed E-state index contributed by atoms with van der Waals surface area (Å²) in [6.07, 6.45) is 2.77. The minimum Gasteiger partial charge on any atom is -0.480 e. The number of carboxylic acid groups (broad SMARTS) is 1. The number of aliphatic carboxylic acids is 1. The van der Waals surface area contributed by atoms with E-state index in [4.69, 9.17) is 16.6 Å². The van der Waals surface area contributed by atoms with Crippen LogP contribution in [-0.2, 0) is 19.2 Å². The second-order valence-corrected chi connectivity index (χ2v) is 6.80. The van der Waals surface area contributed by atoms with Crippen LogP contribution in [0.3, 0.4) is 0 Å². The molecule has 1 saturated heterocycles. The topological polar surface area (TPSA) is 168 Å². The summed E-state index contributed by atoms with van der Waals surface area (Å²) in [5.74, 6) is -2.39. The van der Waals surface area contributed by atoms with Crippen LogP contribution in [-0.4, -0.2) is 77.2 Å². The standard InChI is InChI=1S/C16H29N5O5S/c17-6-2-1-4-11(20-14(24)10(18)9-27)16(26)21-7-3-5-12(21)15(25)19-8-13(22)23/h10-12,27H,1-9,17-18H2,(H,19,25)(H,20,24)(H,22,23). The molecule has 1 rings (SSSR count). The number of likely N-dealkylation sites (tertiary alicyclic amines) is 1. The lowest BCUT2D eigenvalue weighted by molar-refractivity contribution is -0.143. The van der Waals surface area contributed by atoms with E-state index >= 15 is 0 Å². The molecule has 1 aliphatic heterocycles. The first kappa shape index (κ1) is 23.2. The van der Waals surface area contributed by atoms with Crippen molar-refractivity contribution >= 4 is 36.3 Å². The van der Waals surface area contributed by atoms with E-state index in [0.29, 0.717) is 45.2 Å². The van der Waals surface area contributed by atoms with Crippen LogP contribution >= 0.6 is 12.6 Å². The van der Waals surface area contributed by atoms with E-state index < -0.39 is 42.5 Å². The van der Waals surface area contributed by atoms with Crippen molar-refractivity contribution in [2.75, 3.05) is 25.4 Å². The zero-order valence-corrected chi connectivity index (χ0v) is 16.1. The fourth-order valence-corrected chi connectivity index (χ4v) is 3.06. The van der Waals surface area contributed by atoms with Crippen molar-refractivity contribution in [1.82, 2.24) is 15.5 Å². The van der Waals surface area contributed by atoms with E-state index in [1.54, 1.807) is 0 Å². The van der Waals surface area contributed by atoms with Crippen molar-refractivity contribution in [3.8, 4) is 0 Å². The van der Waals surface area contributed by atoms with Gasteiger partial charge in [-0.1, -0.05) is 0 Å². The molecule has 3 amide bonds. The predicted molar refractivity (Wildman–Crippen MR) is 102 cm³/mol. The van der Waals surface area contributed by atoms with Gasteiger partial charge < -0.3 is 32.1 Å². The summed E-state index contributed by atoms with van der Waals surface area (Å²) in [5.41, 5.74) is 11.2. The number of unbranched alkanes of at least 4 members (excludes halogenated alkanes) is 1. The Hall–Kier alpha value is -1.85. The number of nitrogens with one attached hydrogen (secondary N) is 2. The molecule has 154 valence electrons. The van der Waals surface area contributed by atoms with E-state index in [1.165, 1.54) is 4.90 Å². The van der Waals surface area contributed by atoms with E-state index in [0.717, 1.165) is 0 Å². The largest absolute Gasteiger partial charge is 0.480 e. The van der Waals surface area contributed by atoms with Crippen LogP contribution in [0.15, 0.2) is 0 Å². The van der Waals surface area contributed by atoms with Crippen LogP contribution in [0.1, 0.15) is 32.1 Å². The van der Waals surface area contributed by atoms with Gasteiger partial charge in [0.1, 0.15) is 18.6 Å². The third-order valence-corrected chi connectivity index (χ3v) is 4.74. The molecule has 3 atom stereocenters. The molecule has 3 unspecified atom stereocenters. The maximum absolute atomic E-state index is 13.0. The van der Waals surface area contributed by atoms with E-state index in [1.807, 2.05) is 0 Å². The summed E-state index contributed by atoms with van der Waals surface area (Å²) in [7, 11) is 0. The lowest BCUT2D eigenvalue weighted by Crippen LogP contribution is -2.56. The van der Waals surface area contributed by atoms with Gasteiger partial charge in [-0.25, -0.2) is 0 Å². The molecule has 0 bridgehead atoms. The molecule has 0 radical (unpaired) electrons. The summed E-state index contributed by atoms with van der Waals surface area (Å²) in [5, 5.41) is 13.6. The summed E-state index contributed by atoms with van der Waals surface area (Å²) in [4.78, 5) is 49.3. The molecule has 1 aliphatic rings. The highest BCUT2D eigenvalue weighted by Gasteiger charge is 2.37. The fourth-order valence-electron chi connectivity index (χ4n) is 2.90. The smallest absolute Gasteiger partial charge is 0.322 e. The Morgan fingerprint density at radius 3 is 2.56 bits per heavy atom. The molecule has 1 fully saturated rings. The van der Waals surface area contributed by atoms with Crippen LogP contribution < -0.4 is 22.1 Å². The summed E-state index contributed by atoms with van der Waals surface area (Å²) >= 11 is 3.98. The van der Waals surface area contributed by atoms with E-state index in [-0.39, 0.29) is 11.7 Å². The van der Waals surface area contributed by atoms with Crippen LogP contribution in [0.25, 0.3) is 0 Å². The minimum absolute atomic E-state index is 0.138. The van der Waals surface area contributed by atoms with Crippen molar-refractivity contribution in [3.63, 3.8) is 0 Å². The normalized spacial score (nSPS) is 18.6. The Kier molecular flexibility index (Phi) is 10.1. The predicted octanol–water partition coefficient (Wildman–Crippen LogP) is -1.95. The number of hydrogen-bond acceptors (Lipinski definition) is 7. The third-order valence-electron chi connectivity index (χ3n) is 4.35. The van der Waals surface area contributed by atoms with Crippen LogP contribution in [0.5, 0.6) is 0 Å². The number of carbonyl (C=O) groups is 4. The maximum atomic E-state index is 13.0. The van der Waals surface area contributed by atoms with Crippen molar-refractivity contribution in [3.05, 3.63) is 0 Å².